The van der Waals surface area contributed by atoms with Crippen molar-refractivity contribution in [3.8, 4) is 5.75 Å². The van der Waals surface area contributed by atoms with Crippen molar-refractivity contribution in [2.75, 3.05) is 7.11 Å². The van der Waals surface area contributed by atoms with E-state index in [0.29, 0.717) is 34.9 Å². The third-order valence-electron chi connectivity index (χ3n) is 5.29. The Hall–Kier alpha value is -2.83. The molecule has 0 amide bonds. The van der Waals surface area contributed by atoms with Gasteiger partial charge in [0, 0.05) is 40.6 Å². The second-order valence-electron chi connectivity index (χ2n) is 7.07. The molecular weight excluding hydrogens is 407 g/mol. The number of carboxylic acid groups (broad SMARTS) is 1. The molecule has 3 rings (SSSR count). The molecule has 0 saturated heterocycles. The van der Waals surface area contributed by atoms with Crippen LogP contribution in [0.15, 0.2) is 42.5 Å². The second kappa shape index (κ2) is 9.32. The Morgan fingerprint density at radius 2 is 1.80 bits per heavy atom. The average molecular weight is 431 g/mol. The SMILES string of the molecule is COc1ccc(CNCc2c(C(=O)O)c(C)n(Cc3c(F)cccc3Cl)c2C)cc1. The number of benzene rings is 2. The number of aromatic nitrogens is 1. The van der Waals surface area contributed by atoms with Crippen molar-refractivity contribution in [3.63, 3.8) is 0 Å². The van der Waals surface area contributed by atoms with E-state index in [1.807, 2.05) is 31.2 Å². The number of methoxy groups -OCH3 is 1. The quantitative estimate of drug-likeness (QED) is 0.531. The van der Waals surface area contributed by atoms with Gasteiger partial charge in [-0.1, -0.05) is 29.8 Å². The van der Waals surface area contributed by atoms with Gasteiger partial charge in [0.2, 0.25) is 0 Å². The fourth-order valence-electron chi connectivity index (χ4n) is 3.60. The Balaban J connectivity index is 1.85. The van der Waals surface area contributed by atoms with E-state index in [1.165, 1.54) is 6.07 Å². The molecule has 0 spiro atoms. The van der Waals surface area contributed by atoms with E-state index in [1.54, 1.807) is 30.7 Å². The molecule has 0 unspecified atom stereocenters. The molecule has 30 heavy (non-hydrogen) atoms. The number of hydrogen-bond acceptors (Lipinski definition) is 3. The van der Waals surface area contributed by atoms with Gasteiger partial charge in [0.05, 0.1) is 19.2 Å². The highest BCUT2D eigenvalue weighted by Crippen LogP contribution is 2.27. The molecule has 7 heteroatoms. The topological polar surface area (TPSA) is 63.5 Å². The molecule has 0 saturated carbocycles. The molecule has 1 aromatic heterocycles. The number of halogens is 2. The molecule has 0 aliphatic carbocycles. The summed E-state index contributed by atoms with van der Waals surface area (Å²) >= 11 is 6.18. The summed E-state index contributed by atoms with van der Waals surface area (Å²) in [6, 6.07) is 12.2. The zero-order valence-corrected chi connectivity index (χ0v) is 17.9. The van der Waals surface area contributed by atoms with Crippen molar-refractivity contribution in [1.29, 1.82) is 0 Å². The Morgan fingerprint density at radius 1 is 1.10 bits per heavy atom. The summed E-state index contributed by atoms with van der Waals surface area (Å²) in [6.45, 7) is 4.70. The number of carboxylic acids is 1. The molecule has 1 heterocycles. The normalized spacial score (nSPS) is 11.0. The number of ether oxygens (including phenoxy) is 1. The minimum absolute atomic E-state index is 0.169. The van der Waals surface area contributed by atoms with Crippen LogP contribution in [-0.2, 0) is 19.6 Å². The minimum Gasteiger partial charge on any atom is -0.497 e. The standard InChI is InChI=1S/C23H24ClFN2O3/c1-14-18(12-26-11-16-7-9-17(30-3)10-8-16)22(23(28)29)15(2)27(14)13-19-20(24)5-4-6-21(19)25/h4-10,26H,11-13H2,1-3H3,(H,28,29). The van der Waals surface area contributed by atoms with Crippen LogP contribution in [0.4, 0.5) is 4.39 Å². The van der Waals surface area contributed by atoms with Crippen LogP contribution in [0.1, 0.15) is 38.4 Å². The van der Waals surface area contributed by atoms with Gasteiger partial charge in [0.15, 0.2) is 0 Å². The predicted molar refractivity (Wildman–Crippen MR) is 115 cm³/mol. The van der Waals surface area contributed by atoms with Gasteiger partial charge in [0.25, 0.3) is 0 Å². The zero-order chi connectivity index (χ0) is 21.8. The minimum atomic E-state index is -1.00. The van der Waals surface area contributed by atoms with Crippen molar-refractivity contribution >= 4 is 17.6 Å². The number of aromatic carboxylic acids is 1. The van der Waals surface area contributed by atoms with Gasteiger partial charge in [0.1, 0.15) is 11.6 Å². The van der Waals surface area contributed by atoms with E-state index in [2.05, 4.69) is 5.32 Å². The highest BCUT2D eigenvalue weighted by atomic mass is 35.5. The zero-order valence-electron chi connectivity index (χ0n) is 17.1. The molecule has 2 N–H and O–H groups in total. The van der Waals surface area contributed by atoms with Gasteiger partial charge < -0.3 is 19.7 Å². The van der Waals surface area contributed by atoms with Gasteiger partial charge in [-0.25, -0.2) is 9.18 Å². The maximum absolute atomic E-state index is 14.3. The number of rotatable bonds is 8. The van der Waals surface area contributed by atoms with Crippen LogP contribution in [0.25, 0.3) is 0 Å². The lowest BCUT2D eigenvalue weighted by molar-refractivity contribution is 0.0694. The third kappa shape index (κ3) is 4.50. The molecule has 0 atom stereocenters. The van der Waals surface area contributed by atoms with Crippen molar-refractivity contribution in [2.24, 2.45) is 0 Å². The fraction of sp³-hybridized carbons (Fsp3) is 0.261. The monoisotopic (exact) mass is 430 g/mol. The summed E-state index contributed by atoms with van der Waals surface area (Å²) < 4.78 is 21.2. The van der Waals surface area contributed by atoms with Crippen LogP contribution in [-0.4, -0.2) is 22.8 Å². The molecule has 0 fully saturated rings. The fourth-order valence-corrected chi connectivity index (χ4v) is 3.83. The summed E-state index contributed by atoms with van der Waals surface area (Å²) in [6.07, 6.45) is 0. The molecule has 0 aliphatic heterocycles. The molecule has 0 aliphatic rings. The average Bonchev–Trinajstić information content (AvgIpc) is 2.95. The van der Waals surface area contributed by atoms with Crippen LogP contribution in [0.3, 0.4) is 0 Å². The highest BCUT2D eigenvalue weighted by Gasteiger charge is 2.23. The van der Waals surface area contributed by atoms with E-state index in [4.69, 9.17) is 16.3 Å². The van der Waals surface area contributed by atoms with Crippen LogP contribution in [0, 0.1) is 19.7 Å². The van der Waals surface area contributed by atoms with Crippen LogP contribution >= 0.6 is 11.6 Å². The molecule has 158 valence electrons. The van der Waals surface area contributed by atoms with Gasteiger partial charge >= 0.3 is 5.97 Å². The molecule has 0 radical (unpaired) electrons. The van der Waals surface area contributed by atoms with E-state index in [9.17, 15) is 14.3 Å². The maximum atomic E-state index is 14.3. The van der Waals surface area contributed by atoms with Crippen LogP contribution in [0.2, 0.25) is 5.02 Å². The van der Waals surface area contributed by atoms with E-state index < -0.39 is 11.8 Å². The number of hydrogen-bond donors (Lipinski definition) is 2. The Kier molecular flexibility index (Phi) is 6.80. The summed E-state index contributed by atoms with van der Waals surface area (Å²) in [5.41, 5.74) is 3.66. The number of nitrogens with one attached hydrogen (secondary N) is 1. The molecule has 2 aromatic carbocycles. The summed E-state index contributed by atoms with van der Waals surface area (Å²) in [5.74, 6) is -0.636. The number of carbonyl (C=O) groups is 1. The smallest absolute Gasteiger partial charge is 0.337 e. The van der Waals surface area contributed by atoms with Crippen molar-refractivity contribution in [2.45, 2.75) is 33.5 Å². The first-order valence-corrected chi connectivity index (χ1v) is 9.89. The first kappa shape index (κ1) is 21.9. The van der Waals surface area contributed by atoms with Gasteiger partial charge in [-0.2, -0.15) is 0 Å². The van der Waals surface area contributed by atoms with Crippen molar-refractivity contribution in [3.05, 3.63) is 86.9 Å². The van der Waals surface area contributed by atoms with E-state index >= 15 is 0 Å². The lowest BCUT2D eigenvalue weighted by atomic mass is 10.1. The summed E-state index contributed by atoms with van der Waals surface area (Å²) in [5, 5.41) is 13.4. The lowest BCUT2D eigenvalue weighted by Crippen LogP contribution is -2.15. The van der Waals surface area contributed by atoms with Gasteiger partial charge in [-0.05, 0) is 43.7 Å². The summed E-state index contributed by atoms with van der Waals surface area (Å²) in [4.78, 5) is 11.9. The summed E-state index contributed by atoms with van der Waals surface area (Å²) in [7, 11) is 1.62. The first-order valence-electron chi connectivity index (χ1n) is 9.51. The largest absolute Gasteiger partial charge is 0.497 e. The lowest BCUT2D eigenvalue weighted by Gasteiger charge is -2.12. The van der Waals surface area contributed by atoms with E-state index in [0.717, 1.165) is 17.0 Å². The molecule has 3 aromatic rings. The Labute approximate surface area is 180 Å². The molecule has 5 nitrogen and oxygen atoms in total. The van der Waals surface area contributed by atoms with Gasteiger partial charge in [-0.15, -0.1) is 0 Å². The van der Waals surface area contributed by atoms with Crippen molar-refractivity contribution < 1.29 is 19.0 Å². The Bertz CT molecular complexity index is 1040. The van der Waals surface area contributed by atoms with Crippen molar-refractivity contribution in [1.82, 2.24) is 9.88 Å². The maximum Gasteiger partial charge on any atom is 0.337 e. The molecule has 0 bridgehead atoms. The van der Waals surface area contributed by atoms with Gasteiger partial charge in [-0.3, -0.25) is 0 Å². The second-order valence-corrected chi connectivity index (χ2v) is 7.47. The highest BCUT2D eigenvalue weighted by molar-refractivity contribution is 6.31. The van der Waals surface area contributed by atoms with Crippen LogP contribution < -0.4 is 10.1 Å². The van der Waals surface area contributed by atoms with E-state index in [-0.39, 0.29) is 12.1 Å². The first-order chi connectivity index (χ1) is 14.3. The van der Waals surface area contributed by atoms with Crippen LogP contribution in [0.5, 0.6) is 5.75 Å². The predicted octanol–water partition coefficient (Wildman–Crippen LogP) is 4.94. The number of nitrogens with zero attached hydrogens (tertiary/aromatic N) is 1. The molecular formula is C23H24ClFN2O3. The third-order valence-corrected chi connectivity index (χ3v) is 5.65. The Morgan fingerprint density at radius 3 is 2.40 bits per heavy atom.